The lowest BCUT2D eigenvalue weighted by molar-refractivity contribution is 0.0806. The number of hydrogen-bond donors (Lipinski definition) is 3. The number of morpholine rings is 1. The van der Waals surface area contributed by atoms with E-state index in [-0.39, 0.29) is 11.6 Å². The molecule has 1 aliphatic rings. The van der Waals surface area contributed by atoms with E-state index in [0.717, 1.165) is 12.6 Å². The number of amides is 1. The molecule has 0 radical (unpaired) electrons. The summed E-state index contributed by atoms with van der Waals surface area (Å²) in [5, 5.41) is 6.35. The first-order valence-electron chi connectivity index (χ1n) is 5.81. The van der Waals surface area contributed by atoms with Gasteiger partial charge in [0.05, 0.1) is 18.8 Å². The maximum absolute atomic E-state index is 13.0. The second-order valence-corrected chi connectivity index (χ2v) is 4.16. The first-order valence-corrected chi connectivity index (χ1v) is 5.81. The van der Waals surface area contributed by atoms with Gasteiger partial charge in [-0.05, 0) is 18.2 Å². The summed E-state index contributed by atoms with van der Waals surface area (Å²) in [6.07, 6.45) is 0. The van der Waals surface area contributed by atoms with Crippen molar-refractivity contribution in [3.63, 3.8) is 0 Å². The first-order chi connectivity index (χ1) is 8.66. The van der Waals surface area contributed by atoms with Gasteiger partial charge in [-0.1, -0.05) is 0 Å². The number of carbonyl (C=O) groups excluding carboxylic acids is 1. The van der Waals surface area contributed by atoms with Crippen molar-refractivity contribution in [2.45, 2.75) is 6.04 Å². The van der Waals surface area contributed by atoms with Crippen LogP contribution in [0.5, 0.6) is 0 Å². The molecule has 0 aromatic heterocycles. The Labute approximate surface area is 104 Å². The number of anilines is 1. The van der Waals surface area contributed by atoms with E-state index in [2.05, 4.69) is 10.6 Å². The van der Waals surface area contributed by atoms with Crippen LogP contribution in [0.2, 0.25) is 0 Å². The fourth-order valence-electron chi connectivity index (χ4n) is 1.86. The minimum Gasteiger partial charge on any atom is -0.383 e. The molecule has 1 aromatic carbocycles. The second kappa shape index (κ2) is 5.79. The van der Waals surface area contributed by atoms with E-state index in [9.17, 15) is 9.18 Å². The predicted octanol–water partition coefficient (Wildman–Crippen LogP) is 0.325. The molecule has 1 saturated heterocycles. The molecule has 1 aromatic rings. The maximum Gasteiger partial charge on any atom is 0.250 e. The van der Waals surface area contributed by atoms with Crippen LogP contribution in [0.25, 0.3) is 0 Å². The van der Waals surface area contributed by atoms with Gasteiger partial charge in [-0.15, -0.1) is 0 Å². The quantitative estimate of drug-likeness (QED) is 0.722. The van der Waals surface area contributed by atoms with Crippen molar-refractivity contribution in [3.8, 4) is 0 Å². The topological polar surface area (TPSA) is 76.4 Å². The summed E-state index contributed by atoms with van der Waals surface area (Å²) in [5.74, 6) is -1.13. The molecular weight excluding hydrogens is 237 g/mol. The Morgan fingerprint density at radius 1 is 1.61 bits per heavy atom. The van der Waals surface area contributed by atoms with Gasteiger partial charge in [0.25, 0.3) is 5.91 Å². The molecule has 1 heterocycles. The van der Waals surface area contributed by atoms with Crippen LogP contribution < -0.4 is 16.4 Å². The molecule has 0 bridgehead atoms. The van der Waals surface area contributed by atoms with E-state index in [0.29, 0.717) is 25.4 Å². The molecule has 1 atom stereocenters. The maximum atomic E-state index is 13.0. The highest BCUT2D eigenvalue weighted by Crippen LogP contribution is 2.16. The molecule has 6 heteroatoms. The van der Waals surface area contributed by atoms with E-state index in [1.807, 2.05) is 0 Å². The highest BCUT2D eigenvalue weighted by atomic mass is 19.1. The number of ether oxygens (including phenoxy) is 1. The molecular formula is C12H16FN3O2. The number of halogens is 1. The van der Waals surface area contributed by atoms with Gasteiger partial charge >= 0.3 is 0 Å². The molecule has 0 aliphatic carbocycles. The molecule has 1 fully saturated rings. The second-order valence-electron chi connectivity index (χ2n) is 4.16. The third kappa shape index (κ3) is 3.18. The monoisotopic (exact) mass is 253 g/mol. The molecule has 1 aliphatic heterocycles. The van der Waals surface area contributed by atoms with Crippen LogP contribution >= 0.6 is 0 Å². The minimum atomic E-state index is -0.648. The highest BCUT2D eigenvalue weighted by Gasteiger charge is 2.14. The number of hydrogen-bond acceptors (Lipinski definition) is 4. The Morgan fingerprint density at radius 2 is 2.44 bits per heavy atom. The minimum absolute atomic E-state index is 0.159. The van der Waals surface area contributed by atoms with Gasteiger partial charge < -0.3 is 21.1 Å². The van der Waals surface area contributed by atoms with E-state index in [1.54, 1.807) is 0 Å². The molecule has 0 spiro atoms. The lowest BCUT2D eigenvalue weighted by Gasteiger charge is -2.24. The number of rotatable bonds is 4. The van der Waals surface area contributed by atoms with E-state index < -0.39 is 11.7 Å². The van der Waals surface area contributed by atoms with Crippen molar-refractivity contribution >= 4 is 11.6 Å². The van der Waals surface area contributed by atoms with Gasteiger partial charge in [0.1, 0.15) is 5.82 Å². The number of carbonyl (C=O) groups is 1. The Hall–Kier alpha value is -1.66. The summed E-state index contributed by atoms with van der Waals surface area (Å²) in [5.41, 5.74) is 5.90. The lowest BCUT2D eigenvalue weighted by Crippen LogP contribution is -2.45. The molecule has 5 nitrogen and oxygen atoms in total. The van der Waals surface area contributed by atoms with Crippen LogP contribution in [0, 0.1) is 5.82 Å². The Morgan fingerprint density at radius 3 is 3.11 bits per heavy atom. The molecule has 4 N–H and O–H groups in total. The van der Waals surface area contributed by atoms with Crippen molar-refractivity contribution in [3.05, 3.63) is 29.6 Å². The van der Waals surface area contributed by atoms with Gasteiger partial charge in [-0.25, -0.2) is 4.39 Å². The van der Waals surface area contributed by atoms with Gasteiger partial charge in [-0.2, -0.15) is 0 Å². The molecule has 0 saturated carbocycles. The normalized spacial score (nSPS) is 19.5. The Kier molecular flexibility index (Phi) is 4.11. The standard InChI is InChI=1S/C12H16FN3O2/c13-8-1-2-11(10(5-8)12(14)17)16-6-9-7-18-4-3-15-9/h1-2,5,9,15-16H,3-4,6-7H2,(H2,14,17). The molecule has 2 rings (SSSR count). The highest BCUT2D eigenvalue weighted by molar-refractivity contribution is 5.98. The first kappa shape index (κ1) is 12.8. The van der Waals surface area contributed by atoms with Gasteiger partial charge in [0.2, 0.25) is 0 Å². The van der Waals surface area contributed by atoms with Crippen molar-refractivity contribution < 1.29 is 13.9 Å². The van der Waals surface area contributed by atoms with Crippen molar-refractivity contribution in [2.24, 2.45) is 5.73 Å². The fraction of sp³-hybridized carbons (Fsp3) is 0.417. The Balaban J connectivity index is 2.01. The third-order valence-electron chi connectivity index (χ3n) is 2.78. The van der Waals surface area contributed by atoms with E-state index >= 15 is 0 Å². The molecule has 98 valence electrons. The van der Waals surface area contributed by atoms with Crippen LogP contribution in [-0.4, -0.2) is 38.3 Å². The fourth-order valence-corrected chi connectivity index (χ4v) is 1.86. The summed E-state index contributed by atoms with van der Waals surface area (Å²) in [4.78, 5) is 11.2. The zero-order valence-corrected chi connectivity index (χ0v) is 9.91. The predicted molar refractivity (Wildman–Crippen MR) is 66.0 cm³/mol. The van der Waals surface area contributed by atoms with E-state index in [1.165, 1.54) is 12.1 Å². The van der Waals surface area contributed by atoms with Gasteiger partial charge in [0.15, 0.2) is 0 Å². The molecule has 1 unspecified atom stereocenters. The number of benzene rings is 1. The summed E-state index contributed by atoms with van der Waals surface area (Å²) in [6.45, 7) is 2.71. The summed E-state index contributed by atoms with van der Waals surface area (Å²) >= 11 is 0. The van der Waals surface area contributed by atoms with Crippen LogP contribution in [-0.2, 0) is 4.74 Å². The average molecular weight is 253 g/mol. The number of primary amides is 1. The summed E-state index contributed by atoms with van der Waals surface area (Å²) < 4.78 is 18.3. The van der Waals surface area contributed by atoms with Crippen LogP contribution in [0.15, 0.2) is 18.2 Å². The van der Waals surface area contributed by atoms with Crippen molar-refractivity contribution in [2.75, 3.05) is 31.6 Å². The Bertz CT molecular complexity index is 433. The smallest absolute Gasteiger partial charge is 0.250 e. The van der Waals surface area contributed by atoms with Gasteiger partial charge in [0, 0.05) is 24.8 Å². The zero-order valence-electron chi connectivity index (χ0n) is 9.91. The molecule has 1 amide bonds. The van der Waals surface area contributed by atoms with Crippen LogP contribution in [0.4, 0.5) is 10.1 Å². The number of nitrogens with two attached hydrogens (primary N) is 1. The van der Waals surface area contributed by atoms with Gasteiger partial charge in [-0.3, -0.25) is 4.79 Å². The summed E-state index contributed by atoms with van der Waals surface area (Å²) in [6, 6.07) is 4.11. The van der Waals surface area contributed by atoms with E-state index in [4.69, 9.17) is 10.5 Å². The summed E-state index contributed by atoms with van der Waals surface area (Å²) in [7, 11) is 0. The third-order valence-corrected chi connectivity index (χ3v) is 2.78. The lowest BCUT2D eigenvalue weighted by atomic mass is 10.1. The van der Waals surface area contributed by atoms with Crippen molar-refractivity contribution in [1.82, 2.24) is 5.32 Å². The molecule has 18 heavy (non-hydrogen) atoms. The SMILES string of the molecule is NC(=O)c1cc(F)ccc1NCC1COCCN1. The average Bonchev–Trinajstić information content (AvgIpc) is 2.38. The van der Waals surface area contributed by atoms with Crippen LogP contribution in [0.3, 0.4) is 0 Å². The van der Waals surface area contributed by atoms with Crippen LogP contribution in [0.1, 0.15) is 10.4 Å². The number of nitrogens with one attached hydrogen (secondary N) is 2. The van der Waals surface area contributed by atoms with Crippen molar-refractivity contribution in [1.29, 1.82) is 0 Å². The zero-order chi connectivity index (χ0) is 13.0. The largest absolute Gasteiger partial charge is 0.383 e.